The summed E-state index contributed by atoms with van der Waals surface area (Å²) in [4.78, 5) is 47.1. The molecule has 1 fully saturated rings. The van der Waals surface area contributed by atoms with Gasteiger partial charge in [-0.2, -0.15) is 5.10 Å². The van der Waals surface area contributed by atoms with Crippen LogP contribution in [-0.4, -0.2) is 56.4 Å². The zero-order valence-electron chi connectivity index (χ0n) is 23.4. The van der Waals surface area contributed by atoms with E-state index in [1.54, 1.807) is 17.5 Å². The number of pyridine rings is 1. The number of nitrogens with one attached hydrogen (secondary N) is 2. The Hall–Kier alpha value is -2.69. The van der Waals surface area contributed by atoms with E-state index >= 15 is 0 Å². The van der Waals surface area contributed by atoms with E-state index < -0.39 is 5.92 Å². The lowest BCUT2D eigenvalue weighted by atomic mass is 9.89. The van der Waals surface area contributed by atoms with Crippen molar-refractivity contribution in [1.82, 2.24) is 25.0 Å². The minimum Gasteiger partial charge on any atom is -0.343 e. The molecule has 41 heavy (non-hydrogen) atoms. The minimum absolute atomic E-state index is 0.00840. The van der Waals surface area contributed by atoms with Gasteiger partial charge in [0.05, 0.1) is 36.7 Å². The first-order valence-electron chi connectivity index (χ1n) is 14.0. The molecule has 0 saturated carbocycles. The van der Waals surface area contributed by atoms with Gasteiger partial charge in [-0.05, 0) is 75.9 Å². The van der Waals surface area contributed by atoms with Crippen LogP contribution in [0.4, 0.5) is 0 Å². The maximum atomic E-state index is 13.9. The van der Waals surface area contributed by atoms with Gasteiger partial charge in [0.2, 0.25) is 11.8 Å². The number of aromatic amines is 2. The van der Waals surface area contributed by atoms with Crippen LogP contribution in [0.25, 0.3) is 21.1 Å². The van der Waals surface area contributed by atoms with Crippen LogP contribution in [0.5, 0.6) is 0 Å². The molecule has 1 atom stereocenters. The van der Waals surface area contributed by atoms with Gasteiger partial charge in [0.15, 0.2) is 0 Å². The van der Waals surface area contributed by atoms with E-state index in [0.717, 1.165) is 54.4 Å². The molecule has 0 aliphatic carbocycles. The van der Waals surface area contributed by atoms with Crippen molar-refractivity contribution in [2.45, 2.75) is 58.9 Å². The average Bonchev–Trinajstić information content (AvgIpc) is 3.52. The van der Waals surface area contributed by atoms with Crippen LogP contribution in [0.2, 0.25) is 5.02 Å². The Balaban J connectivity index is 1.20. The molecule has 2 aliphatic heterocycles. The largest absolute Gasteiger partial charge is 0.343 e. The number of fused-ring (bicyclic) bond motifs is 4. The highest BCUT2D eigenvalue weighted by atomic mass is 79.9. The first-order chi connectivity index (χ1) is 19.5. The maximum absolute atomic E-state index is 13.9. The normalized spacial score (nSPS) is 18.8. The van der Waals surface area contributed by atoms with E-state index in [4.69, 9.17) is 11.6 Å². The molecule has 3 aromatic heterocycles. The van der Waals surface area contributed by atoms with Gasteiger partial charge in [-0.15, -0.1) is 11.3 Å². The number of amides is 2. The van der Waals surface area contributed by atoms with Crippen LogP contribution in [0.15, 0.2) is 33.0 Å². The third-order valence-electron chi connectivity index (χ3n) is 8.27. The van der Waals surface area contributed by atoms with Crippen molar-refractivity contribution in [3.8, 4) is 0 Å². The topological polar surface area (TPSA) is 102 Å². The molecule has 8 nitrogen and oxygen atoms in total. The predicted molar refractivity (Wildman–Crippen MR) is 166 cm³/mol. The highest BCUT2D eigenvalue weighted by Gasteiger charge is 2.36. The second-order valence-electron chi connectivity index (χ2n) is 12.6. The van der Waals surface area contributed by atoms with Gasteiger partial charge < -0.3 is 14.8 Å². The molecule has 216 valence electrons. The van der Waals surface area contributed by atoms with Crippen LogP contribution in [0, 0.1) is 11.3 Å². The number of carbonyl (C=O) groups is 2. The quantitative estimate of drug-likeness (QED) is 0.272. The number of carbonyl (C=O) groups excluding carboxylic acids is 2. The monoisotopic (exact) mass is 657 g/mol. The predicted octanol–water partition coefficient (Wildman–Crippen LogP) is 6.23. The van der Waals surface area contributed by atoms with Crippen LogP contribution in [-0.2, 0) is 22.6 Å². The summed E-state index contributed by atoms with van der Waals surface area (Å²) >= 11 is 11.7. The van der Waals surface area contributed by atoms with Crippen molar-refractivity contribution in [3.05, 3.63) is 60.2 Å². The Morgan fingerprint density at radius 3 is 2.68 bits per heavy atom. The number of hydrogen-bond donors (Lipinski definition) is 2. The summed E-state index contributed by atoms with van der Waals surface area (Å²) in [6.45, 7) is 8.54. The Morgan fingerprint density at radius 2 is 1.95 bits per heavy atom. The highest BCUT2D eigenvalue weighted by Crippen LogP contribution is 2.36. The summed E-state index contributed by atoms with van der Waals surface area (Å²) < 4.78 is 2.03. The lowest BCUT2D eigenvalue weighted by Crippen LogP contribution is -2.43. The second kappa shape index (κ2) is 10.9. The number of halogens is 2. The zero-order valence-corrected chi connectivity index (χ0v) is 26.5. The van der Waals surface area contributed by atoms with Crippen LogP contribution in [0.1, 0.15) is 62.6 Å². The Kier molecular flexibility index (Phi) is 7.53. The van der Waals surface area contributed by atoms with Gasteiger partial charge in [-0.1, -0.05) is 32.4 Å². The highest BCUT2D eigenvalue weighted by molar-refractivity contribution is 9.11. The molecular formula is C30H33BrClN5O3S. The van der Waals surface area contributed by atoms with Crippen molar-refractivity contribution in [2.75, 3.05) is 19.6 Å². The zero-order chi connectivity index (χ0) is 29.1. The van der Waals surface area contributed by atoms with Gasteiger partial charge in [0, 0.05) is 43.5 Å². The number of benzene rings is 1. The fourth-order valence-corrected chi connectivity index (χ4v) is 8.18. The van der Waals surface area contributed by atoms with E-state index in [0.29, 0.717) is 37.6 Å². The molecule has 2 N–H and O–H groups in total. The standard InChI is InChI=1S/C30H33BrClN5O3S/c1-30(2,3)15-37-14-21-17(9-22(32)27-20(21)13-33-35-27)8-18(29(37)40)10-26(38)36-6-4-16(5-7-36)19-11-24-23(34-28(19)39)12-25(31)41-24/h9,11-13,16,18H,4-8,10,14-15H2,1-3H3,(H,33,35)(H,34,39)/t18-/m0/s1. The maximum Gasteiger partial charge on any atom is 0.251 e. The number of hydrogen-bond acceptors (Lipinski definition) is 5. The molecule has 4 aromatic rings. The van der Waals surface area contributed by atoms with Crippen molar-refractivity contribution >= 4 is 71.8 Å². The Labute approximate surface area is 255 Å². The van der Waals surface area contributed by atoms with Crippen molar-refractivity contribution in [3.63, 3.8) is 0 Å². The van der Waals surface area contributed by atoms with Crippen molar-refractivity contribution in [2.24, 2.45) is 11.3 Å². The molecule has 0 radical (unpaired) electrons. The molecule has 0 unspecified atom stereocenters. The lowest BCUT2D eigenvalue weighted by molar-refractivity contribution is -0.142. The number of nitrogens with zero attached hydrogens (tertiary/aromatic N) is 3. The molecule has 6 rings (SSSR count). The number of H-pyrrole nitrogens is 2. The summed E-state index contributed by atoms with van der Waals surface area (Å²) in [5.74, 6) is -0.370. The fourth-order valence-electron chi connectivity index (χ4n) is 6.36. The van der Waals surface area contributed by atoms with Gasteiger partial charge in [0.25, 0.3) is 5.56 Å². The van der Waals surface area contributed by atoms with Crippen molar-refractivity contribution in [1.29, 1.82) is 0 Å². The molecule has 11 heteroatoms. The Bertz CT molecular complexity index is 1710. The third kappa shape index (κ3) is 5.70. The molecule has 1 saturated heterocycles. The van der Waals surface area contributed by atoms with E-state index in [2.05, 4.69) is 51.9 Å². The summed E-state index contributed by atoms with van der Waals surface area (Å²) in [6, 6.07) is 5.85. The SMILES string of the molecule is CC(C)(C)CN1Cc2c(cc(Cl)c3[nH]ncc23)C[C@@H](CC(=O)N2CCC(c3cc4sc(Br)cc4[nH]c3=O)CC2)C1=O. The van der Waals surface area contributed by atoms with Crippen LogP contribution >= 0.6 is 38.9 Å². The first kappa shape index (κ1) is 28.4. The van der Waals surface area contributed by atoms with Crippen LogP contribution in [0.3, 0.4) is 0 Å². The first-order valence-corrected chi connectivity index (χ1v) is 16.0. The summed E-state index contributed by atoms with van der Waals surface area (Å²) in [5.41, 5.74) is 4.29. The number of piperidine rings is 1. The summed E-state index contributed by atoms with van der Waals surface area (Å²) in [7, 11) is 0. The average molecular weight is 659 g/mol. The number of rotatable bonds is 4. The van der Waals surface area contributed by atoms with Gasteiger partial charge in [-0.3, -0.25) is 19.5 Å². The molecule has 5 heterocycles. The molecular weight excluding hydrogens is 626 g/mol. The smallest absolute Gasteiger partial charge is 0.251 e. The molecule has 2 amide bonds. The van der Waals surface area contributed by atoms with Crippen molar-refractivity contribution < 1.29 is 9.59 Å². The minimum atomic E-state index is -0.466. The van der Waals surface area contributed by atoms with E-state index in [1.165, 1.54) is 0 Å². The molecule has 2 aliphatic rings. The van der Waals surface area contributed by atoms with Gasteiger partial charge in [0.1, 0.15) is 0 Å². The van der Waals surface area contributed by atoms with E-state index in [1.807, 2.05) is 28.0 Å². The Morgan fingerprint density at radius 1 is 1.20 bits per heavy atom. The third-order valence-corrected chi connectivity index (χ3v) is 10.2. The van der Waals surface area contributed by atoms with Crippen LogP contribution < -0.4 is 5.56 Å². The molecule has 1 aromatic carbocycles. The molecule has 0 bridgehead atoms. The van der Waals surface area contributed by atoms with Gasteiger partial charge >= 0.3 is 0 Å². The number of thiophene rings is 1. The second-order valence-corrected chi connectivity index (χ2v) is 15.4. The number of likely N-dealkylation sites (tertiary alicyclic amines) is 1. The van der Waals surface area contributed by atoms with E-state index in [-0.39, 0.29) is 35.1 Å². The van der Waals surface area contributed by atoms with Gasteiger partial charge in [-0.25, -0.2) is 0 Å². The fraction of sp³-hybridized carbons (Fsp3) is 0.467. The summed E-state index contributed by atoms with van der Waals surface area (Å²) in [5, 5.41) is 8.68. The molecule has 0 spiro atoms. The van der Waals surface area contributed by atoms with E-state index in [9.17, 15) is 14.4 Å². The summed E-state index contributed by atoms with van der Waals surface area (Å²) in [6.07, 6.45) is 3.83. The number of aromatic nitrogens is 3. The lowest BCUT2D eigenvalue weighted by Gasteiger charge is -2.34.